The van der Waals surface area contributed by atoms with Gasteiger partial charge in [0.05, 0.1) is 22.9 Å². The number of piperidine rings is 1. The van der Waals surface area contributed by atoms with Crippen molar-refractivity contribution in [3.05, 3.63) is 64.0 Å². The molecule has 1 aromatic carbocycles. The normalized spacial score (nSPS) is 16.1. The Morgan fingerprint density at radius 1 is 1.22 bits per heavy atom. The Hall–Kier alpha value is -4.56. The van der Waals surface area contributed by atoms with E-state index in [0.717, 1.165) is 37.2 Å². The number of phenolic OH excluding ortho intramolecular Hbond substituents is 1. The van der Waals surface area contributed by atoms with Crippen molar-refractivity contribution in [1.29, 1.82) is 0 Å². The first-order valence-corrected chi connectivity index (χ1v) is 11.1. The Bertz CT molecular complexity index is 1280. The Morgan fingerprint density at radius 3 is 2.78 bits per heavy atom. The summed E-state index contributed by atoms with van der Waals surface area (Å²) in [6, 6.07) is 8.55. The van der Waals surface area contributed by atoms with E-state index in [-0.39, 0.29) is 23.5 Å². The second kappa shape index (κ2) is 11.0. The molecule has 0 amide bonds. The first-order chi connectivity index (χ1) is 17.7. The number of ether oxygens (including phenoxy) is 1. The van der Waals surface area contributed by atoms with E-state index in [1.54, 1.807) is 12.3 Å². The molecule has 1 atom stereocenters. The summed E-state index contributed by atoms with van der Waals surface area (Å²) in [4.78, 5) is 28.7. The maximum absolute atomic E-state index is 12.8. The molecule has 0 bridgehead atoms. The molecule has 0 unspecified atom stereocenters. The standard InChI is InChI=1S/C22H21F3N8O4/c23-22(24,25)13-37-21-29-19(31-27-12-14-6-5-9-17(18(14)34)33(35)36)28-20(30-21)32-11-4-2-8-16(32)15-7-1-3-10-26-15/h1,3,5-7,9-10,12,16,34H,2,4,8,11,13H2,(H,28,29,30,31)/b27-12+/t16-/m1/s1. The molecule has 37 heavy (non-hydrogen) atoms. The van der Waals surface area contributed by atoms with Gasteiger partial charge in [-0.25, -0.2) is 5.43 Å². The number of benzene rings is 1. The minimum Gasteiger partial charge on any atom is -0.502 e. The molecule has 0 spiro atoms. The first-order valence-electron chi connectivity index (χ1n) is 11.1. The largest absolute Gasteiger partial charge is 0.502 e. The predicted octanol–water partition coefficient (Wildman–Crippen LogP) is 4.00. The molecule has 1 saturated heterocycles. The number of alkyl halides is 3. The molecule has 12 nitrogen and oxygen atoms in total. The zero-order valence-corrected chi connectivity index (χ0v) is 19.2. The number of rotatable bonds is 8. The van der Waals surface area contributed by atoms with Gasteiger partial charge in [-0.1, -0.05) is 12.1 Å². The van der Waals surface area contributed by atoms with Crippen LogP contribution in [0.5, 0.6) is 11.8 Å². The third-order valence-corrected chi connectivity index (χ3v) is 5.37. The van der Waals surface area contributed by atoms with Crippen LogP contribution in [0.2, 0.25) is 0 Å². The van der Waals surface area contributed by atoms with Gasteiger partial charge < -0.3 is 14.7 Å². The van der Waals surface area contributed by atoms with Gasteiger partial charge in [0.25, 0.3) is 5.95 Å². The average molecular weight is 518 g/mol. The predicted molar refractivity (Wildman–Crippen MR) is 126 cm³/mol. The minimum atomic E-state index is -4.61. The third kappa shape index (κ3) is 6.56. The van der Waals surface area contributed by atoms with Crippen LogP contribution in [0.1, 0.15) is 36.6 Å². The fourth-order valence-electron chi connectivity index (χ4n) is 3.75. The summed E-state index contributed by atoms with van der Waals surface area (Å²) in [7, 11) is 0. The van der Waals surface area contributed by atoms with Crippen molar-refractivity contribution in [3.63, 3.8) is 0 Å². The van der Waals surface area contributed by atoms with E-state index in [0.29, 0.717) is 6.54 Å². The fourth-order valence-corrected chi connectivity index (χ4v) is 3.75. The van der Waals surface area contributed by atoms with Crippen LogP contribution in [0.4, 0.5) is 30.8 Å². The number of nitro benzene ring substituents is 1. The maximum atomic E-state index is 12.8. The molecule has 0 radical (unpaired) electrons. The number of hydrazone groups is 1. The highest BCUT2D eigenvalue weighted by atomic mass is 19.4. The van der Waals surface area contributed by atoms with Gasteiger partial charge in [0.1, 0.15) is 0 Å². The third-order valence-electron chi connectivity index (χ3n) is 5.37. The molecule has 3 heterocycles. The van der Waals surface area contributed by atoms with E-state index in [9.17, 15) is 28.4 Å². The molecular weight excluding hydrogens is 497 g/mol. The molecule has 194 valence electrons. The highest BCUT2D eigenvalue weighted by molar-refractivity contribution is 5.85. The lowest BCUT2D eigenvalue weighted by atomic mass is 9.99. The quantitative estimate of drug-likeness (QED) is 0.254. The van der Waals surface area contributed by atoms with Gasteiger partial charge in [0, 0.05) is 24.4 Å². The van der Waals surface area contributed by atoms with Crippen molar-refractivity contribution < 1.29 is 27.9 Å². The van der Waals surface area contributed by atoms with Gasteiger partial charge >= 0.3 is 17.9 Å². The zero-order valence-electron chi connectivity index (χ0n) is 19.2. The van der Waals surface area contributed by atoms with E-state index in [1.807, 2.05) is 17.0 Å². The molecule has 1 aliphatic rings. The summed E-state index contributed by atoms with van der Waals surface area (Å²) in [5.41, 5.74) is 2.73. The van der Waals surface area contributed by atoms with Gasteiger partial charge in [-0.2, -0.15) is 33.2 Å². The summed E-state index contributed by atoms with van der Waals surface area (Å²) in [5, 5.41) is 24.9. The number of phenols is 1. The number of aromatic nitrogens is 4. The van der Waals surface area contributed by atoms with Gasteiger partial charge in [-0.3, -0.25) is 15.1 Å². The number of anilines is 2. The van der Waals surface area contributed by atoms with E-state index in [1.165, 1.54) is 12.1 Å². The van der Waals surface area contributed by atoms with Crippen molar-refractivity contribution in [1.82, 2.24) is 19.9 Å². The number of nitrogens with one attached hydrogen (secondary N) is 1. The number of hydrogen-bond donors (Lipinski definition) is 2. The number of nitro groups is 1. The van der Waals surface area contributed by atoms with Gasteiger partial charge in [-0.15, -0.1) is 0 Å². The van der Waals surface area contributed by atoms with E-state index >= 15 is 0 Å². The molecule has 15 heteroatoms. The SMILES string of the molecule is O=[N+]([O-])c1cccc(/C=N/Nc2nc(OCC(F)(F)F)nc(N3CCCC[C@@H]3c3ccccn3)n2)c1O. The molecule has 3 aromatic rings. The van der Waals surface area contributed by atoms with Crippen LogP contribution in [-0.2, 0) is 0 Å². The minimum absolute atomic E-state index is 0.0239. The molecule has 1 fully saturated rings. The lowest BCUT2D eigenvalue weighted by Gasteiger charge is -2.35. The molecule has 0 saturated carbocycles. The Labute approximate surface area is 208 Å². The van der Waals surface area contributed by atoms with Crippen LogP contribution in [0, 0.1) is 10.1 Å². The average Bonchev–Trinajstić information content (AvgIpc) is 2.88. The van der Waals surface area contributed by atoms with Crippen LogP contribution >= 0.6 is 0 Å². The first kappa shape index (κ1) is 25.5. The zero-order chi connectivity index (χ0) is 26.4. The van der Waals surface area contributed by atoms with Crippen molar-refractivity contribution >= 4 is 23.8 Å². The highest BCUT2D eigenvalue weighted by Crippen LogP contribution is 2.33. The summed E-state index contributed by atoms with van der Waals surface area (Å²) < 4.78 is 43.1. The Balaban J connectivity index is 1.63. The van der Waals surface area contributed by atoms with Gasteiger partial charge in [0.15, 0.2) is 6.61 Å². The molecule has 2 N–H and O–H groups in total. The van der Waals surface area contributed by atoms with Crippen LogP contribution in [0.25, 0.3) is 0 Å². The lowest BCUT2D eigenvalue weighted by Crippen LogP contribution is -2.35. The van der Waals surface area contributed by atoms with Crippen molar-refractivity contribution in [2.45, 2.75) is 31.5 Å². The molecular formula is C22H21F3N8O4. The van der Waals surface area contributed by atoms with Gasteiger partial charge in [-0.05, 0) is 37.5 Å². The second-order valence-corrected chi connectivity index (χ2v) is 7.95. The van der Waals surface area contributed by atoms with Crippen LogP contribution in [0.3, 0.4) is 0 Å². The van der Waals surface area contributed by atoms with Crippen LogP contribution in [0.15, 0.2) is 47.7 Å². The summed E-state index contributed by atoms with van der Waals surface area (Å²) in [6.07, 6.45) is 0.579. The lowest BCUT2D eigenvalue weighted by molar-refractivity contribution is -0.385. The maximum Gasteiger partial charge on any atom is 0.422 e. The Kier molecular flexibility index (Phi) is 7.60. The Morgan fingerprint density at radius 2 is 2.05 bits per heavy atom. The topological polar surface area (TPSA) is 152 Å². The fraction of sp³-hybridized carbons (Fsp3) is 0.318. The summed E-state index contributed by atoms with van der Waals surface area (Å²) >= 11 is 0. The number of halogens is 3. The summed E-state index contributed by atoms with van der Waals surface area (Å²) in [5.74, 6) is -0.762. The van der Waals surface area contributed by atoms with Crippen LogP contribution in [-0.4, -0.2) is 55.5 Å². The molecule has 4 rings (SSSR count). The monoisotopic (exact) mass is 518 g/mol. The van der Waals surface area contributed by atoms with Crippen molar-refractivity contribution in [2.24, 2.45) is 5.10 Å². The number of para-hydroxylation sites is 1. The van der Waals surface area contributed by atoms with E-state index in [2.05, 4.69) is 30.5 Å². The molecule has 1 aliphatic heterocycles. The summed E-state index contributed by atoms with van der Waals surface area (Å²) in [6.45, 7) is -1.08. The number of nitrogens with zero attached hydrogens (tertiary/aromatic N) is 7. The van der Waals surface area contributed by atoms with Crippen molar-refractivity contribution in [2.75, 3.05) is 23.5 Å². The molecule has 2 aromatic heterocycles. The van der Waals surface area contributed by atoms with Crippen LogP contribution < -0.4 is 15.1 Å². The van der Waals surface area contributed by atoms with Crippen molar-refractivity contribution in [3.8, 4) is 11.8 Å². The second-order valence-electron chi connectivity index (χ2n) is 7.95. The van der Waals surface area contributed by atoms with E-state index in [4.69, 9.17) is 4.74 Å². The number of aromatic hydroxyl groups is 1. The highest BCUT2D eigenvalue weighted by Gasteiger charge is 2.31. The van der Waals surface area contributed by atoms with E-state index < -0.39 is 35.2 Å². The number of pyridine rings is 1. The molecule has 0 aliphatic carbocycles. The van der Waals surface area contributed by atoms with Gasteiger partial charge in [0.2, 0.25) is 11.7 Å². The smallest absolute Gasteiger partial charge is 0.422 e. The number of hydrogen-bond acceptors (Lipinski definition) is 11.